The number of nitrogens with zero attached hydrogens (tertiary/aromatic N) is 2. The number of hydrogen-bond donors (Lipinski definition) is 1. The second-order valence-corrected chi connectivity index (χ2v) is 4.57. The highest BCUT2D eigenvalue weighted by Crippen LogP contribution is 2.19. The number of aliphatic carboxylic acids is 1. The van der Waals surface area contributed by atoms with E-state index in [2.05, 4.69) is 9.97 Å². The lowest BCUT2D eigenvalue weighted by molar-refractivity contribution is -0.144. The van der Waals surface area contributed by atoms with Crippen molar-refractivity contribution in [1.82, 2.24) is 9.97 Å². The predicted octanol–water partition coefficient (Wildman–Crippen LogP) is 1.63. The zero-order valence-electron chi connectivity index (χ0n) is 9.89. The van der Waals surface area contributed by atoms with Crippen molar-refractivity contribution in [3.05, 3.63) is 18.1 Å². The Morgan fingerprint density at radius 3 is 2.62 bits per heavy atom. The Morgan fingerprint density at radius 1 is 1.50 bits per heavy atom. The summed E-state index contributed by atoms with van der Waals surface area (Å²) in [5.74, 6) is -0.103. The van der Waals surface area contributed by atoms with Gasteiger partial charge in [-0.15, -0.1) is 0 Å². The van der Waals surface area contributed by atoms with Gasteiger partial charge in [0, 0.05) is 17.7 Å². The molecule has 0 amide bonds. The van der Waals surface area contributed by atoms with E-state index in [0.29, 0.717) is 5.82 Å². The van der Waals surface area contributed by atoms with E-state index in [9.17, 15) is 4.79 Å². The molecule has 0 aliphatic rings. The van der Waals surface area contributed by atoms with Crippen molar-refractivity contribution in [3.8, 4) is 5.88 Å². The first kappa shape index (κ1) is 12.4. The number of aromatic nitrogens is 2. The van der Waals surface area contributed by atoms with Gasteiger partial charge in [-0.3, -0.25) is 0 Å². The molecule has 1 aromatic rings. The largest absolute Gasteiger partial charge is 0.479 e. The number of carbonyl (C=O) groups is 1. The van der Waals surface area contributed by atoms with Crippen molar-refractivity contribution in [2.45, 2.75) is 39.2 Å². The van der Waals surface area contributed by atoms with Gasteiger partial charge in [-0.25, -0.2) is 9.78 Å². The molecule has 5 nitrogen and oxygen atoms in total. The number of rotatable bonds is 3. The molecule has 0 aliphatic heterocycles. The van der Waals surface area contributed by atoms with Gasteiger partial charge in [-0.1, -0.05) is 20.8 Å². The van der Waals surface area contributed by atoms with Crippen LogP contribution >= 0.6 is 0 Å². The summed E-state index contributed by atoms with van der Waals surface area (Å²) in [5, 5.41) is 8.70. The number of ether oxygens (including phenoxy) is 1. The lowest BCUT2D eigenvalue weighted by Gasteiger charge is -2.17. The van der Waals surface area contributed by atoms with Crippen LogP contribution in [-0.4, -0.2) is 27.1 Å². The first-order valence-electron chi connectivity index (χ1n) is 5.03. The normalized spacial score (nSPS) is 13.2. The smallest absolute Gasteiger partial charge is 0.344 e. The van der Waals surface area contributed by atoms with E-state index in [1.807, 2.05) is 20.8 Å². The van der Waals surface area contributed by atoms with Gasteiger partial charge in [0.15, 0.2) is 6.10 Å². The molecule has 1 atom stereocenters. The Kier molecular flexibility index (Phi) is 3.47. The molecule has 88 valence electrons. The summed E-state index contributed by atoms with van der Waals surface area (Å²) < 4.78 is 5.16. The molecule has 1 N–H and O–H groups in total. The summed E-state index contributed by atoms with van der Waals surface area (Å²) >= 11 is 0. The third kappa shape index (κ3) is 3.18. The highest BCUT2D eigenvalue weighted by atomic mass is 16.5. The van der Waals surface area contributed by atoms with Gasteiger partial charge in [0.25, 0.3) is 0 Å². The van der Waals surface area contributed by atoms with E-state index in [-0.39, 0.29) is 11.3 Å². The van der Waals surface area contributed by atoms with Gasteiger partial charge in [-0.05, 0) is 6.92 Å². The van der Waals surface area contributed by atoms with Crippen LogP contribution in [0.4, 0.5) is 0 Å². The number of hydrogen-bond acceptors (Lipinski definition) is 4. The molecule has 0 saturated carbocycles. The molecular formula is C11H16N2O3. The SMILES string of the molecule is CC(Oc1ccnc(C(C)(C)C)n1)C(=O)O. The third-order valence-corrected chi connectivity index (χ3v) is 1.95. The van der Waals surface area contributed by atoms with E-state index in [0.717, 1.165) is 0 Å². The van der Waals surface area contributed by atoms with Crippen LogP contribution in [0.1, 0.15) is 33.5 Å². The fraction of sp³-hybridized carbons (Fsp3) is 0.545. The topological polar surface area (TPSA) is 72.3 Å². The maximum atomic E-state index is 10.6. The molecule has 0 spiro atoms. The second-order valence-electron chi connectivity index (χ2n) is 4.57. The fourth-order valence-corrected chi connectivity index (χ4v) is 1.00. The highest BCUT2D eigenvalue weighted by Gasteiger charge is 2.19. The molecule has 0 radical (unpaired) electrons. The summed E-state index contributed by atoms with van der Waals surface area (Å²) in [6.45, 7) is 7.40. The zero-order valence-corrected chi connectivity index (χ0v) is 9.89. The van der Waals surface area contributed by atoms with Gasteiger partial charge < -0.3 is 9.84 Å². The van der Waals surface area contributed by atoms with E-state index < -0.39 is 12.1 Å². The molecule has 0 aliphatic carbocycles. The van der Waals surface area contributed by atoms with Crippen LogP contribution in [0.3, 0.4) is 0 Å². The maximum Gasteiger partial charge on any atom is 0.344 e. The average molecular weight is 224 g/mol. The van der Waals surface area contributed by atoms with Crippen molar-refractivity contribution < 1.29 is 14.6 Å². The first-order valence-corrected chi connectivity index (χ1v) is 5.03. The van der Waals surface area contributed by atoms with Crippen LogP contribution in [0.5, 0.6) is 5.88 Å². The van der Waals surface area contributed by atoms with E-state index >= 15 is 0 Å². The van der Waals surface area contributed by atoms with Crippen molar-refractivity contribution in [1.29, 1.82) is 0 Å². The lowest BCUT2D eigenvalue weighted by Crippen LogP contribution is -2.24. The van der Waals surface area contributed by atoms with Gasteiger partial charge in [-0.2, -0.15) is 4.98 Å². The third-order valence-electron chi connectivity index (χ3n) is 1.95. The van der Waals surface area contributed by atoms with Crippen molar-refractivity contribution in [2.75, 3.05) is 0 Å². The van der Waals surface area contributed by atoms with Crippen LogP contribution < -0.4 is 4.74 Å². The summed E-state index contributed by atoms with van der Waals surface area (Å²) in [6.07, 6.45) is 0.653. The molecule has 1 unspecified atom stereocenters. The molecule has 0 aromatic carbocycles. The summed E-state index contributed by atoms with van der Waals surface area (Å²) in [5.41, 5.74) is -0.189. The minimum Gasteiger partial charge on any atom is -0.479 e. The molecule has 0 saturated heterocycles. The Hall–Kier alpha value is -1.65. The van der Waals surface area contributed by atoms with Crippen LogP contribution in [0.2, 0.25) is 0 Å². The van der Waals surface area contributed by atoms with E-state index in [4.69, 9.17) is 9.84 Å². The number of carboxylic acid groups (broad SMARTS) is 1. The zero-order chi connectivity index (χ0) is 12.3. The van der Waals surface area contributed by atoms with Gasteiger partial charge in [0.1, 0.15) is 5.82 Å². The standard InChI is InChI=1S/C11H16N2O3/c1-7(9(14)15)16-8-5-6-12-10(13-8)11(2,3)4/h5-7H,1-4H3,(H,14,15). The molecule has 1 aromatic heterocycles. The van der Waals surface area contributed by atoms with E-state index in [1.54, 1.807) is 12.3 Å². The Balaban J connectivity index is 2.87. The highest BCUT2D eigenvalue weighted by molar-refractivity contribution is 5.72. The molecule has 16 heavy (non-hydrogen) atoms. The Morgan fingerprint density at radius 2 is 2.12 bits per heavy atom. The molecule has 0 bridgehead atoms. The van der Waals surface area contributed by atoms with Crippen LogP contribution in [0.15, 0.2) is 12.3 Å². The summed E-state index contributed by atoms with van der Waals surface area (Å²) in [4.78, 5) is 18.9. The van der Waals surface area contributed by atoms with Crippen LogP contribution in [-0.2, 0) is 10.2 Å². The quantitative estimate of drug-likeness (QED) is 0.844. The van der Waals surface area contributed by atoms with Gasteiger partial charge in [0.05, 0.1) is 0 Å². The van der Waals surface area contributed by atoms with Crippen molar-refractivity contribution in [2.24, 2.45) is 0 Å². The first-order chi connectivity index (χ1) is 7.30. The summed E-state index contributed by atoms with van der Waals surface area (Å²) in [7, 11) is 0. The fourth-order valence-electron chi connectivity index (χ4n) is 1.00. The van der Waals surface area contributed by atoms with Crippen LogP contribution in [0.25, 0.3) is 0 Å². The Bertz CT molecular complexity index is 385. The average Bonchev–Trinajstić information content (AvgIpc) is 2.16. The monoisotopic (exact) mass is 224 g/mol. The minimum atomic E-state index is -1.02. The van der Waals surface area contributed by atoms with E-state index in [1.165, 1.54) is 6.92 Å². The van der Waals surface area contributed by atoms with Crippen molar-refractivity contribution in [3.63, 3.8) is 0 Å². The van der Waals surface area contributed by atoms with Gasteiger partial charge >= 0.3 is 5.97 Å². The second kappa shape index (κ2) is 4.47. The lowest BCUT2D eigenvalue weighted by atomic mass is 9.96. The Labute approximate surface area is 94.5 Å². The summed E-state index contributed by atoms with van der Waals surface area (Å²) in [6, 6.07) is 1.55. The maximum absolute atomic E-state index is 10.6. The molecular weight excluding hydrogens is 208 g/mol. The molecule has 1 heterocycles. The van der Waals surface area contributed by atoms with Gasteiger partial charge in [0.2, 0.25) is 5.88 Å². The molecule has 1 rings (SSSR count). The number of carboxylic acids is 1. The predicted molar refractivity (Wildman–Crippen MR) is 58.5 cm³/mol. The van der Waals surface area contributed by atoms with Crippen LogP contribution in [0, 0.1) is 0 Å². The minimum absolute atomic E-state index is 0.189. The van der Waals surface area contributed by atoms with Crippen molar-refractivity contribution >= 4 is 5.97 Å². The molecule has 5 heteroatoms. The molecule has 0 fully saturated rings.